The predicted octanol–water partition coefficient (Wildman–Crippen LogP) is 4.97. The Labute approximate surface area is 116 Å². The minimum absolute atomic E-state index is 0.525. The van der Waals surface area contributed by atoms with Crippen molar-refractivity contribution in [2.24, 2.45) is 0 Å². The van der Waals surface area contributed by atoms with Gasteiger partial charge in [-0.1, -0.05) is 59.3 Å². The Morgan fingerprint density at radius 1 is 0.944 bits per heavy atom. The van der Waals surface area contributed by atoms with Gasteiger partial charge in [0.25, 0.3) is 0 Å². The van der Waals surface area contributed by atoms with Gasteiger partial charge in [0.2, 0.25) is 0 Å². The van der Waals surface area contributed by atoms with Crippen LogP contribution >= 0.6 is 15.9 Å². The van der Waals surface area contributed by atoms with Gasteiger partial charge < -0.3 is 4.57 Å². The molecule has 0 saturated heterocycles. The quantitative estimate of drug-likeness (QED) is 0.602. The Hall–Kier alpha value is -1.28. The smallest absolute Gasteiger partial charge is 0.0491 e. The van der Waals surface area contributed by atoms with E-state index >= 15 is 0 Å². The molecule has 92 valence electrons. The number of halogens is 1. The molecule has 1 heterocycles. The molecular weight excluding hydrogens is 286 g/mol. The fraction of sp³-hybridized carbons (Fsp3) is 0.250. The Balaban J connectivity index is 2.31. The molecule has 0 aliphatic rings. The van der Waals surface area contributed by atoms with Crippen LogP contribution in [0.3, 0.4) is 0 Å². The molecule has 0 radical (unpaired) electrons. The van der Waals surface area contributed by atoms with Gasteiger partial charge in [-0.3, -0.25) is 0 Å². The molecule has 1 unspecified atom stereocenters. The molecule has 0 saturated carbocycles. The van der Waals surface area contributed by atoms with Gasteiger partial charge >= 0.3 is 0 Å². The molecule has 0 N–H and O–H groups in total. The van der Waals surface area contributed by atoms with Gasteiger partial charge in [0.05, 0.1) is 0 Å². The van der Waals surface area contributed by atoms with E-state index in [2.05, 4.69) is 76.0 Å². The molecule has 1 nitrogen and oxygen atoms in total. The van der Waals surface area contributed by atoms with Crippen LogP contribution in [0, 0.1) is 0 Å². The van der Waals surface area contributed by atoms with Crippen molar-refractivity contribution in [1.29, 1.82) is 0 Å². The van der Waals surface area contributed by atoms with E-state index in [0.717, 1.165) is 13.0 Å². The zero-order chi connectivity index (χ0) is 12.5. The fourth-order valence-corrected chi connectivity index (χ4v) is 2.82. The standard InChI is InChI=1S/C16H16BrN/c1-2-12(17)11-18-15-9-5-3-7-13(15)14-8-4-6-10-16(14)18/h3-10,12H,2,11H2,1H3. The first-order chi connectivity index (χ1) is 8.81. The molecule has 1 aromatic heterocycles. The monoisotopic (exact) mass is 301 g/mol. The highest BCUT2D eigenvalue weighted by Crippen LogP contribution is 2.29. The first kappa shape index (κ1) is 11.8. The van der Waals surface area contributed by atoms with Crippen molar-refractivity contribution in [3.8, 4) is 0 Å². The van der Waals surface area contributed by atoms with Crippen molar-refractivity contribution in [2.75, 3.05) is 0 Å². The van der Waals surface area contributed by atoms with E-state index in [0.29, 0.717) is 4.83 Å². The Bertz CT molecular complexity index is 630. The van der Waals surface area contributed by atoms with Crippen molar-refractivity contribution in [1.82, 2.24) is 4.57 Å². The lowest BCUT2D eigenvalue weighted by Crippen LogP contribution is -2.08. The lowest BCUT2D eigenvalue weighted by molar-refractivity contribution is 0.691. The molecule has 0 aliphatic heterocycles. The van der Waals surface area contributed by atoms with Gasteiger partial charge in [-0.2, -0.15) is 0 Å². The van der Waals surface area contributed by atoms with E-state index in [1.807, 2.05) is 0 Å². The lowest BCUT2D eigenvalue weighted by atomic mass is 10.2. The minimum Gasteiger partial charge on any atom is -0.339 e. The number of alkyl halides is 1. The number of nitrogens with zero attached hydrogens (tertiary/aromatic N) is 1. The van der Waals surface area contributed by atoms with Gasteiger partial charge in [0.1, 0.15) is 0 Å². The van der Waals surface area contributed by atoms with Crippen LogP contribution in [0.1, 0.15) is 13.3 Å². The molecule has 0 amide bonds. The topological polar surface area (TPSA) is 4.93 Å². The van der Waals surface area contributed by atoms with Crippen LogP contribution in [-0.2, 0) is 6.54 Å². The largest absolute Gasteiger partial charge is 0.339 e. The summed E-state index contributed by atoms with van der Waals surface area (Å²) >= 11 is 3.75. The van der Waals surface area contributed by atoms with Gasteiger partial charge in [-0.15, -0.1) is 0 Å². The van der Waals surface area contributed by atoms with E-state index in [9.17, 15) is 0 Å². The average molecular weight is 302 g/mol. The van der Waals surface area contributed by atoms with E-state index in [1.165, 1.54) is 21.8 Å². The van der Waals surface area contributed by atoms with E-state index in [-0.39, 0.29) is 0 Å². The molecule has 3 aromatic rings. The molecule has 18 heavy (non-hydrogen) atoms. The summed E-state index contributed by atoms with van der Waals surface area (Å²) in [6.07, 6.45) is 1.14. The summed E-state index contributed by atoms with van der Waals surface area (Å²) in [5.41, 5.74) is 2.66. The van der Waals surface area contributed by atoms with Crippen LogP contribution in [0.5, 0.6) is 0 Å². The van der Waals surface area contributed by atoms with Gasteiger partial charge in [-0.05, 0) is 18.6 Å². The second-order valence-electron chi connectivity index (χ2n) is 4.65. The maximum atomic E-state index is 3.75. The number of para-hydroxylation sites is 2. The number of aromatic nitrogens is 1. The molecule has 0 fully saturated rings. The number of hydrogen-bond donors (Lipinski definition) is 0. The normalized spacial score (nSPS) is 13.2. The van der Waals surface area contributed by atoms with Gasteiger partial charge in [0.15, 0.2) is 0 Å². The third kappa shape index (κ3) is 1.85. The number of fused-ring (bicyclic) bond motifs is 3. The zero-order valence-corrected chi connectivity index (χ0v) is 12.0. The summed E-state index contributed by atoms with van der Waals surface area (Å²) in [6.45, 7) is 3.23. The van der Waals surface area contributed by atoms with Crippen LogP contribution in [0.2, 0.25) is 0 Å². The SMILES string of the molecule is CCC(Br)Cn1c2ccccc2c2ccccc21. The third-order valence-corrected chi connectivity index (χ3v) is 4.44. The summed E-state index contributed by atoms with van der Waals surface area (Å²) < 4.78 is 2.42. The first-order valence-corrected chi connectivity index (χ1v) is 7.33. The summed E-state index contributed by atoms with van der Waals surface area (Å²) in [5, 5.41) is 2.70. The molecule has 2 heteroatoms. The highest BCUT2D eigenvalue weighted by molar-refractivity contribution is 9.09. The van der Waals surface area contributed by atoms with Crippen molar-refractivity contribution in [3.05, 3.63) is 48.5 Å². The maximum Gasteiger partial charge on any atom is 0.0491 e. The second-order valence-corrected chi connectivity index (χ2v) is 5.95. The van der Waals surface area contributed by atoms with E-state index in [1.54, 1.807) is 0 Å². The number of rotatable bonds is 3. The Morgan fingerprint density at radius 2 is 1.44 bits per heavy atom. The van der Waals surface area contributed by atoms with Crippen molar-refractivity contribution in [2.45, 2.75) is 24.7 Å². The molecule has 3 rings (SSSR count). The van der Waals surface area contributed by atoms with E-state index in [4.69, 9.17) is 0 Å². The van der Waals surface area contributed by atoms with Crippen LogP contribution in [0.15, 0.2) is 48.5 Å². The van der Waals surface area contributed by atoms with Crippen LogP contribution < -0.4 is 0 Å². The summed E-state index contributed by atoms with van der Waals surface area (Å²) in [4.78, 5) is 0.525. The molecule has 0 aliphatic carbocycles. The summed E-state index contributed by atoms with van der Waals surface area (Å²) in [5.74, 6) is 0. The van der Waals surface area contributed by atoms with Gasteiger partial charge in [0, 0.05) is 33.2 Å². The van der Waals surface area contributed by atoms with Crippen molar-refractivity contribution >= 4 is 37.7 Å². The highest BCUT2D eigenvalue weighted by Gasteiger charge is 2.11. The predicted molar refractivity (Wildman–Crippen MR) is 82.5 cm³/mol. The molecule has 1 atom stereocenters. The van der Waals surface area contributed by atoms with Crippen molar-refractivity contribution < 1.29 is 0 Å². The fourth-order valence-electron chi connectivity index (χ4n) is 2.53. The number of hydrogen-bond acceptors (Lipinski definition) is 0. The maximum absolute atomic E-state index is 3.75. The Morgan fingerprint density at radius 3 is 1.94 bits per heavy atom. The molecule has 2 aromatic carbocycles. The van der Waals surface area contributed by atoms with Crippen LogP contribution in [-0.4, -0.2) is 9.39 Å². The average Bonchev–Trinajstić information content (AvgIpc) is 2.74. The molecular formula is C16H16BrN. The second kappa shape index (κ2) is 4.77. The highest BCUT2D eigenvalue weighted by atomic mass is 79.9. The zero-order valence-electron chi connectivity index (χ0n) is 10.4. The molecule has 0 spiro atoms. The Kier molecular flexibility index (Phi) is 3.13. The lowest BCUT2D eigenvalue weighted by Gasteiger charge is -2.11. The van der Waals surface area contributed by atoms with Crippen molar-refractivity contribution in [3.63, 3.8) is 0 Å². The third-order valence-electron chi connectivity index (χ3n) is 3.50. The molecule has 0 bridgehead atoms. The van der Waals surface area contributed by atoms with Gasteiger partial charge in [-0.25, -0.2) is 0 Å². The number of benzene rings is 2. The minimum atomic E-state index is 0.525. The summed E-state index contributed by atoms with van der Waals surface area (Å²) in [7, 11) is 0. The van der Waals surface area contributed by atoms with E-state index < -0.39 is 0 Å². The van der Waals surface area contributed by atoms with Crippen LogP contribution in [0.4, 0.5) is 0 Å². The summed E-state index contributed by atoms with van der Waals surface area (Å²) in [6, 6.07) is 17.3. The van der Waals surface area contributed by atoms with Crippen LogP contribution in [0.25, 0.3) is 21.8 Å². The first-order valence-electron chi connectivity index (χ1n) is 6.41.